The van der Waals surface area contributed by atoms with E-state index in [1.807, 2.05) is 57.2 Å². The molecule has 1 aromatic heterocycles. The Labute approximate surface area is 126 Å². The van der Waals surface area contributed by atoms with Crippen molar-refractivity contribution in [3.05, 3.63) is 53.7 Å². The van der Waals surface area contributed by atoms with Crippen LogP contribution < -0.4 is 5.32 Å². The molecule has 0 aliphatic heterocycles. The second kappa shape index (κ2) is 6.08. The van der Waals surface area contributed by atoms with Crippen LogP contribution in [0.1, 0.15) is 43.1 Å². The zero-order valence-electron chi connectivity index (χ0n) is 13.1. The number of aryl methyl sites for hydroxylation is 1. The smallest absolute Gasteiger partial charge is 0.251 e. The van der Waals surface area contributed by atoms with Crippen LogP contribution in [0.15, 0.2) is 42.6 Å². The Morgan fingerprint density at radius 3 is 2.43 bits per heavy atom. The third-order valence-corrected chi connectivity index (χ3v) is 3.69. The zero-order valence-corrected chi connectivity index (χ0v) is 13.1. The standard InChI is InChI=1S/C18H22N2O/c1-5-18(3,4)20-17(21)15-8-6-14(7-9-15)16-12-13(2)10-11-19-16/h6-12H,5H2,1-4H3,(H,20,21). The minimum Gasteiger partial charge on any atom is -0.347 e. The average Bonchev–Trinajstić information content (AvgIpc) is 2.47. The molecule has 1 amide bonds. The number of hydrogen-bond donors (Lipinski definition) is 1. The summed E-state index contributed by atoms with van der Waals surface area (Å²) in [6.45, 7) is 8.15. The van der Waals surface area contributed by atoms with E-state index in [0.717, 1.165) is 17.7 Å². The minimum absolute atomic E-state index is 0.0365. The Morgan fingerprint density at radius 2 is 1.86 bits per heavy atom. The van der Waals surface area contributed by atoms with Gasteiger partial charge in [-0.15, -0.1) is 0 Å². The molecule has 1 N–H and O–H groups in total. The number of benzene rings is 1. The van der Waals surface area contributed by atoms with Gasteiger partial charge in [0.1, 0.15) is 0 Å². The molecule has 1 aromatic carbocycles. The lowest BCUT2D eigenvalue weighted by Gasteiger charge is -2.24. The molecule has 2 rings (SSSR count). The van der Waals surface area contributed by atoms with Crippen LogP contribution >= 0.6 is 0 Å². The fourth-order valence-electron chi connectivity index (χ4n) is 1.95. The van der Waals surface area contributed by atoms with Gasteiger partial charge in [0.25, 0.3) is 5.91 Å². The summed E-state index contributed by atoms with van der Waals surface area (Å²) >= 11 is 0. The van der Waals surface area contributed by atoms with Gasteiger partial charge >= 0.3 is 0 Å². The van der Waals surface area contributed by atoms with Crippen LogP contribution in [-0.4, -0.2) is 16.4 Å². The van der Waals surface area contributed by atoms with Crippen molar-refractivity contribution < 1.29 is 4.79 Å². The number of rotatable bonds is 4. The molecule has 2 aromatic rings. The van der Waals surface area contributed by atoms with Gasteiger partial charge in [0.05, 0.1) is 5.69 Å². The van der Waals surface area contributed by atoms with Crippen molar-refractivity contribution in [3.63, 3.8) is 0 Å². The molecule has 0 unspecified atom stereocenters. The summed E-state index contributed by atoms with van der Waals surface area (Å²) in [4.78, 5) is 16.6. The van der Waals surface area contributed by atoms with Crippen molar-refractivity contribution in [1.82, 2.24) is 10.3 Å². The molecule has 0 saturated carbocycles. The molecular formula is C18H22N2O. The van der Waals surface area contributed by atoms with Crippen LogP contribution in [0.2, 0.25) is 0 Å². The topological polar surface area (TPSA) is 42.0 Å². The summed E-state index contributed by atoms with van der Waals surface area (Å²) in [6, 6.07) is 11.6. The summed E-state index contributed by atoms with van der Waals surface area (Å²) in [6.07, 6.45) is 2.69. The van der Waals surface area contributed by atoms with Gasteiger partial charge in [-0.3, -0.25) is 9.78 Å². The Bertz CT molecular complexity index is 630. The van der Waals surface area contributed by atoms with Crippen molar-refractivity contribution in [2.24, 2.45) is 0 Å². The maximum absolute atomic E-state index is 12.2. The molecule has 0 fully saturated rings. The Balaban J connectivity index is 2.17. The number of amides is 1. The van der Waals surface area contributed by atoms with Gasteiger partial charge in [-0.1, -0.05) is 19.1 Å². The first kappa shape index (κ1) is 15.2. The van der Waals surface area contributed by atoms with E-state index >= 15 is 0 Å². The Morgan fingerprint density at radius 1 is 1.19 bits per heavy atom. The predicted molar refractivity (Wildman–Crippen MR) is 86.2 cm³/mol. The molecule has 0 atom stereocenters. The first-order valence-electron chi connectivity index (χ1n) is 7.27. The molecule has 0 radical (unpaired) electrons. The van der Waals surface area contributed by atoms with E-state index < -0.39 is 0 Å². The van der Waals surface area contributed by atoms with Gasteiger partial charge in [0, 0.05) is 22.9 Å². The monoisotopic (exact) mass is 282 g/mol. The highest BCUT2D eigenvalue weighted by molar-refractivity contribution is 5.95. The summed E-state index contributed by atoms with van der Waals surface area (Å²) < 4.78 is 0. The molecule has 0 aliphatic carbocycles. The van der Waals surface area contributed by atoms with Gasteiger partial charge in [0.2, 0.25) is 0 Å². The highest BCUT2D eigenvalue weighted by Crippen LogP contribution is 2.19. The maximum atomic E-state index is 12.2. The van der Waals surface area contributed by atoms with E-state index in [1.54, 1.807) is 6.20 Å². The molecule has 0 bridgehead atoms. The first-order chi connectivity index (χ1) is 9.91. The number of aromatic nitrogens is 1. The number of nitrogens with zero attached hydrogens (tertiary/aromatic N) is 1. The summed E-state index contributed by atoms with van der Waals surface area (Å²) in [7, 11) is 0. The quantitative estimate of drug-likeness (QED) is 0.921. The second-order valence-corrected chi connectivity index (χ2v) is 5.99. The molecule has 0 spiro atoms. The van der Waals surface area contributed by atoms with E-state index in [-0.39, 0.29) is 11.4 Å². The molecule has 3 heteroatoms. The van der Waals surface area contributed by atoms with Gasteiger partial charge < -0.3 is 5.32 Å². The Hall–Kier alpha value is -2.16. The van der Waals surface area contributed by atoms with Crippen LogP contribution in [0.3, 0.4) is 0 Å². The number of hydrogen-bond acceptors (Lipinski definition) is 2. The van der Waals surface area contributed by atoms with Crippen LogP contribution in [0, 0.1) is 6.92 Å². The minimum atomic E-state index is -0.187. The number of carbonyl (C=O) groups is 1. The van der Waals surface area contributed by atoms with Crippen LogP contribution in [0.4, 0.5) is 0 Å². The van der Waals surface area contributed by atoms with Gasteiger partial charge in [-0.05, 0) is 57.0 Å². The molecular weight excluding hydrogens is 260 g/mol. The fraction of sp³-hybridized carbons (Fsp3) is 0.333. The van der Waals surface area contributed by atoms with Crippen molar-refractivity contribution in [2.75, 3.05) is 0 Å². The van der Waals surface area contributed by atoms with Crippen molar-refractivity contribution in [1.29, 1.82) is 0 Å². The number of carbonyl (C=O) groups excluding carboxylic acids is 1. The highest BCUT2D eigenvalue weighted by Gasteiger charge is 2.18. The lowest BCUT2D eigenvalue weighted by Crippen LogP contribution is -2.42. The highest BCUT2D eigenvalue weighted by atomic mass is 16.1. The van der Waals surface area contributed by atoms with E-state index in [2.05, 4.69) is 17.2 Å². The Kier molecular flexibility index (Phi) is 4.41. The molecule has 21 heavy (non-hydrogen) atoms. The third kappa shape index (κ3) is 3.91. The largest absolute Gasteiger partial charge is 0.347 e. The molecule has 0 aliphatic rings. The first-order valence-corrected chi connectivity index (χ1v) is 7.27. The third-order valence-electron chi connectivity index (χ3n) is 3.69. The summed E-state index contributed by atoms with van der Waals surface area (Å²) in [5, 5.41) is 3.04. The normalized spacial score (nSPS) is 11.2. The molecule has 3 nitrogen and oxygen atoms in total. The number of nitrogens with one attached hydrogen (secondary N) is 1. The van der Waals surface area contributed by atoms with Crippen molar-refractivity contribution in [3.8, 4) is 11.3 Å². The van der Waals surface area contributed by atoms with E-state index in [9.17, 15) is 4.79 Å². The maximum Gasteiger partial charge on any atom is 0.251 e. The fourth-order valence-corrected chi connectivity index (χ4v) is 1.95. The molecule has 1 heterocycles. The predicted octanol–water partition coefficient (Wildman–Crippen LogP) is 3.98. The number of pyridine rings is 1. The van der Waals surface area contributed by atoms with Crippen molar-refractivity contribution in [2.45, 2.75) is 39.7 Å². The second-order valence-electron chi connectivity index (χ2n) is 5.99. The van der Waals surface area contributed by atoms with Crippen LogP contribution in [0.25, 0.3) is 11.3 Å². The van der Waals surface area contributed by atoms with E-state index in [1.165, 1.54) is 5.56 Å². The molecule has 110 valence electrons. The lowest BCUT2D eigenvalue weighted by atomic mass is 10.0. The van der Waals surface area contributed by atoms with Crippen LogP contribution in [0.5, 0.6) is 0 Å². The van der Waals surface area contributed by atoms with Crippen molar-refractivity contribution >= 4 is 5.91 Å². The summed E-state index contributed by atoms with van der Waals surface area (Å²) in [5.41, 5.74) is 3.61. The summed E-state index contributed by atoms with van der Waals surface area (Å²) in [5.74, 6) is -0.0365. The van der Waals surface area contributed by atoms with Gasteiger partial charge in [0.15, 0.2) is 0 Å². The lowest BCUT2D eigenvalue weighted by molar-refractivity contribution is 0.0911. The van der Waals surface area contributed by atoms with Crippen LogP contribution in [-0.2, 0) is 0 Å². The van der Waals surface area contributed by atoms with E-state index in [4.69, 9.17) is 0 Å². The van der Waals surface area contributed by atoms with E-state index in [0.29, 0.717) is 5.56 Å². The SMILES string of the molecule is CCC(C)(C)NC(=O)c1ccc(-c2cc(C)ccn2)cc1. The molecule has 0 saturated heterocycles. The average molecular weight is 282 g/mol. The van der Waals surface area contributed by atoms with Gasteiger partial charge in [-0.25, -0.2) is 0 Å². The van der Waals surface area contributed by atoms with Gasteiger partial charge in [-0.2, -0.15) is 0 Å². The zero-order chi connectivity index (χ0) is 15.5.